The molecule has 0 radical (unpaired) electrons. The number of carbonyl (C=O) groups is 1. The van der Waals surface area contributed by atoms with Crippen LogP contribution in [-0.4, -0.2) is 124 Å². The minimum absolute atomic E-state index is 0. The van der Waals surface area contributed by atoms with Crippen molar-refractivity contribution in [2.45, 2.75) is 32.1 Å². The molecule has 0 aromatic heterocycles. The summed E-state index contributed by atoms with van der Waals surface area (Å²) < 4.78 is 5.47. The lowest BCUT2D eigenvalue weighted by atomic mass is 10.1. The number of ether oxygens (including phenoxy) is 1. The fourth-order valence-corrected chi connectivity index (χ4v) is 5.60. The molecule has 4 rings (SSSR count). The normalized spacial score (nSPS) is 26.4. The zero-order valence-electron chi connectivity index (χ0n) is 19.8. The van der Waals surface area contributed by atoms with Gasteiger partial charge in [0.25, 0.3) is 0 Å². The second-order valence-corrected chi connectivity index (χ2v) is 9.64. The van der Waals surface area contributed by atoms with Crippen molar-refractivity contribution >= 4 is 35.8 Å². The highest BCUT2D eigenvalue weighted by molar-refractivity contribution is 14.0. The van der Waals surface area contributed by atoms with Crippen LogP contribution in [0.3, 0.4) is 0 Å². The summed E-state index contributed by atoms with van der Waals surface area (Å²) in [6.45, 7) is 12.9. The number of rotatable bonds is 6. The third-order valence-corrected chi connectivity index (χ3v) is 7.52. The van der Waals surface area contributed by atoms with Gasteiger partial charge in [-0.2, -0.15) is 0 Å². The van der Waals surface area contributed by atoms with Gasteiger partial charge in [0.2, 0.25) is 5.91 Å². The molecule has 4 aliphatic rings. The van der Waals surface area contributed by atoms with E-state index in [9.17, 15) is 4.79 Å². The van der Waals surface area contributed by atoms with Crippen LogP contribution in [0.4, 0.5) is 0 Å². The van der Waals surface area contributed by atoms with Crippen LogP contribution in [-0.2, 0) is 9.53 Å². The quantitative estimate of drug-likeness (QED) is 0.298. The Morgan fingerprint density at radius 2 is 1.66 bits per heavy atom. The SMILES string of the molecule is CN=C(NCCN1CCN(C(=O)C2CCCC2)CC1)N1CCC(CN2CCOCC2)C1.I. The third kappa shape index (κ3) is 7.17. The average molecular weight is 563 g/mol. The second kappa shape index (κ2) is 13.3. The first-order chi connectivity index (χ1) is 15.2. The molecule has 0 aromatic rings. The Balaban J connectivity index is 0.00000289. The standard InChI is InChI=1S/C23H42N6O2.HI/c1-24-23(29-8-6-20(19-29)18-27-14-16-31-17-15-27)25-7-9-26-10-12-28(13-11-26)22(30)21-4-2-3-5-21;/h20-21H,2-19H2,1H3,(H,24,25);1H. The molecule has 8 nitrogen and oxygen atoms in total. The Morgan fingerprint density at radius 3 is 2.34 bits per heavy atom. The van der Waals surface area contributed by atoms with Gasteiger partial charge in [-0.3, -0.25) is 19.6 Å². The molecule has 1 amide bonds. The van der Waals surface area contributed by atoms with Crippen molar-refractivity contribution in [3.63, 3.8) is 0 Å². The summed E-state index contributed by atoms with van der Waals surface area (Å²) in [7, 11) is 1.89. The monoisotopic (exact) mass is 562 g/mol. The molecular formula is C23H43IN6O2. The van der Waals surface area contributed by atoms with Gasteiger partial charge in [-0.05, 0) is 25.2 Å². The molecule has 32 heavy (non-hydrogen) atoms. The minimum atomic E-state index is 0. The maximum atomic E-state index is 12.6. The van der Waals surface area contributed by atoms with Gasteiger partial charge < -0.3 is 19.9 Å². The molecule has 4 fully saturated rings. The molecule has 3 heterocycles. The molecule has 1 N–H and O–H groups in total. The van der Waals surface area contributed by atoms with Crippen LogP contribution in [0.2, 0.25) is 0 Å². The molecule has 1 aliphatic carbocycles. The number of morpholine rings is 1. The Labute approximate surface area is 211 Å². The lowest BCUT2D eigenvalue weighted by Crippen LogP contribution is -2.52. The summed E-state index contributed by atoms with van der Waals surface area (Å²) in [4.78, 5) is 26.7. The molecule has 3 aliphatic heterocycles. The highest BCUT2D eigenvalue weighted by atomic mass is 127. The molecule has 0 bridgehead atoms. The molecular weight excluding hydrogens is 519 g/mol. The maximum Gasteiger partial charge on any atom is 0.225 e. The zero-order valence-corrected chi connectivity index (χ0v) is 22.2. The molecule has 1 atom stereocenters. The number of guanidine groups is 1. The smallest absolute Gasteiger partial charge is 0.225 e. The Bertz CT molecular complexity index is 601. The molecule has 3 saturated heterocycles. The van der Waals surface area contributed by atoms with Gasteiger partial charge in [-0.15, -0.1) is 24.0 Å². The van der Waals surface area contributed by atoms with E-state index >= 15 is 0 Å². The van der Waals surface area contributed by atoms with E-state index in [1.165, 1.54) is 25.8 Å². The highest BCUT2D eigenvalue weighted by Gasteiger charge is 2.30. The van der Waals surface area contributed by atoms with E-state index in [-0.39, 0.29) is 24.0 Å². The number of hydrogen-bond acceptors (Lipinski definition) is 5. The Kier molecular flexibility index (Phi) is 10.8. The summed E-state index contributed by atoms with van der Waals surface area (Å²) in [6.07, 6.45) is 5.91. The van der Waals surface area contributed by atoms with E-state index < -0.39 is 0 Å². The van der Waals surface area contributed by atoms with E-state index in [1.54, 1.807) is 0 Å². The highest BCUT2D eigenvalue weighted by Crippen LogP contribution is 2.27. The summed E-state index contributed by atoms with van der Waals surface area (Å²) in [5.41, 5.74) is 0. The van der Waals surface area contributed by atoms with Crippen molar-refractivity contribution in [1.82, 2.24) is 24.9 Å². The van der Waals surface area contributed by atoms with Crippen molar-refractivity contribution < 1.29 is 9.53 Å². The molecule has 1 saturated carbocycles. The van der Waals surface area contributed by atoms with Crippen LogP contribution in [0, 0.1) is 11.8 Å². The van der Waals surface area contributed by atoms with Gasteiger partial charge in [0.15, 0.2) is 5.96 Å². The summed E-state index contributed by atoms with van der Waals surface area (Å²) in [5, 5.41) is 3.58. The Morgan fingerprint density at radius 1 is 0.938 bits per heavy atom. The largest absolute Gasteiger partial charge is 0.379 e. The Hall–Kier alpha value is -0.650. The third-order valence-electron chi connectivity index (χ3n) is 7.52. The van der Waals surface area contributed by atoms with E-state index in [0.717, 1.165) is 103 Å². The molecule has 1 unspecified atom stereocenters. The average Bonchev–Trinajstić information content (AvgIpc) is 3.50. The first kappa shape index (κ1) is 26.0. The van der Waals surface area contributed by atoms with Gasteiger partial charge in [-0.1, -0.05) is 12.8 Å². The number of likely N-dealkylation sites (tertiary alicyclic amines) is 1. The van der Waals surface area contributed by atoms with E-state index in [0.29, 0.717) is 11.8 Å². The summed E-state index contributed by atoms with van der Waals surface area (Å²) in [5.74, 6) is 2.49. The van der Waals surface area contributed by atoms with Crippen LogP contribution >= 0.6 is 24.0 Å². The zero-order chi connectivity index (χ0) is 21.5. The van der Waals surface area contributed by atoms with Crippen molar-refractivity contribution in [2.24, 2.45) is 16.8 Å². The second-order valence-electron chi connectivity index (χ2n) is 9.64. The van der Waals surface area contributed by atoms with Crippen molar-refractivity contribution in [2.75, 3.05) is 92.3 Å². The molecule has 184 valence electrons. The lowest BCUT2D eigenvalue weighted by Gasteiger charge is -2.36. The number of nitrogens with one attached hydrogen (secondary N) is 1. The number of nitrogens with zero attached hydrogens (tertiary/aromatic N) is 5. The maximum absolute atomic E-state index is 12.6. The van der Waals surface area contributed by atoms with E-state index in [2.05, 4.69) is 29.9 Å². The summed E-state index contributed by atoms with van der Waals surface area (Å²) in [6, 6.07) is 0. The van der Waals surface area contributed by atoms with Crippen LogP contribution < -0.4 is 5.32 Å². The molecule has 9 heteroatoms. The number of amides is 1. The first-order valence-corrected chi connectivity index (χ1v) is 12.5. The molecule has 0 aromatic carbocycles. The van der Waals surface area contributed by atoms with Gasteiger partial charge in [-0.25, -0.2) is 0 Å². The van der Waals surface area contributed by atoms with Crippen molar-refractivity contribution in [1.29, 1.82) is 0 Å². The number of halogens is 1. The topological polar surface area (TPSA) is 63.7 Å². The van der Waals surface area contributed by atoms with E-state index in [4.69, 9.17) is 4.74 Å². The van der Waals surface area contributed by atoms with Crippen molar-refractivity contribution in [3.05, 3.63) is 0 Å². The van der Waals surface area contributed by atoms with E-state index in [1.807, 2.05) is 7.05 Å². The minimum Gasteiger partial charge on any atom is -0.379 e. The number of hydrogen-bond donors (Lipinski definition) is 1. The lowest BCUT2D eigenvalue weighted by molar-refractivity contribution is -0.137. The number of aliphatic imine (C=N–C) groups is 1. The van der Waals surface area contributed by atoms with Crippen molar-refractivity contribution in [3.8, 4) is 0 Å². The first-order valence-electron chi connectivity index (χ1n) is 12.5. The fraction of sp³-hybridized carbons (Fsp3) is 0.913. The predicted octanol–water partition coefficient (Wildman–Crippen LogP) is 1.17. The van der Waals surface area contributed by atoms with Crippen LogP contribution in [0.15, 0.2) is 4.99 Å². The van der Waals surface area contributed by atoms with Crippen LogP contribution in [0.1, 0.15) is 32.1 Å². The number of carbonyl (C=O) groups excluding carboxylic acids is 1. The fourth-order valence-electron chi connectivity index (χ4n) is 5.60. The van der Waals surface area contributed by atoms with Gasteiger partial charge in [0.05, 0.1) is 13.2 Å². The predicted molar refractivity (Wildman–Crippen MR) is 139 cm³/mol. The van der Waals surface area contributed by atoms with Crippen LogP contribution in [0.25, 0.3) is 0 Å². The van der Waals surface area contributed by atoms with Gasteiger partial charge >= 0.3 is 0 Å². The summed E-state index contributed by atoms with van der Waals surface area (Å²) >= 11 is 0. The van der Waals surface area contributed by atoms with Gasteiger partial charge in [0.1, 0.15) is 0 Å². The van der Waals surface area contributed by atoms with Gasteiger partial charge in [0, 0.05) is 85.0 Å². The molecule has 0 spiro atoms. The van der Waals surface area contributed by atoms with Crippen LogP contribution in [0.5, 0.6) is 0 Å². The number of piperazine rings is 1.